The lowest BCUT2D eigenvalue weighted by Gasteiger charge is -2.28. The van der Waals surface area contributed by atoms with Crippen LogP contribution in [0.3, 0.4) is 0 Å². The van der Waals surface area contributed by atoms with Crippen molar-refractivity contribution in [3.8, 4) is 0 Å². The number of carbonyl (C=O) groups excluding carboxylic acids is 1. The molecule has 0 saturated heterocycles. The molecule has 0 bridgehead atoms. The third kappa shape index (κ3) is 4.54. The number of carbonyl (C=O) groups is 1. The molecule has 0 spiro atoms. The first-order valence-electron chi connectivity index (χ1n) is 8.45. The first-order valence-corrected chi connectivity index (χ1v) is 12.4. The molecule has 158 valence electrons. The fourth-order valence-electron chi connectivity index (χ4n) is 3.20. The van der Waals surface area contributed by atoms with Crippen LogP contribution in [0, 0.1) is 6.92 Å². The predicted molar refractivity (Wildman–Crippen MR) is 117 cm³/mol. The van der Waals surface area contributed by atoms with Crippen molar-refractivity contribution in [2.75, 3.05) is 10.6 Å². The van der Waals surface area contributed by atoms with Gasteiger partial charge in [-0.1, -0.05) is 47.5 Å². The van der Waals surface area contributed by atoms with E-state index in [4.69, 9.17) is 23.2 Å². The van der Waals surface area contributed by atoms with Gasteiger partial charge in [0.05, 0.1) is 10.6 Å². The number of anilines is 1. The molecule has 2 N–H and O–H groups in total. The Bertz CT molecular complexity index is 1290. The Morgan fingerprint density at radius 3 is 2.23 bits per heavy atom. The van der Waals surface area contributed by atoms with E-state index in [1.807, 2.05) is 0 Å². The van der Waals surface area contributed by atoms with Crippen molar-refractivity contribution in [1.29, 1.82) is 0 Å². The number of halogens is 2. The van der Waals surface area contributed by atoms with Crippen LogP contribution in [0.5, 0.6) is 0 Å². The van der Waals surface area contributed by atoms with Crippen LogP contribution in [-0.4, -0.2) is 30.8 Å². The number of hydrogen-bond donors (Lipinski definition) is 2. The molecule has 0 aromatic heterocycles. The monoisotopic (exact) mass is 487 g/mol. The van der Waals surface area contributed by atoms with E-state index in [-0.39, 0.29) is 26.2 Å². The van der Waals surface area contributed by atoms with E-state index in [0.717, 1.165) is 12.1 Å². The highest BCUT2D eigenvalue weighted by Crippen LogP contribution is 2.43. The van der Waals surface area contributed by atoms with Gasteiger partial charge in [0.25, 0.3) is 10.0 Å². The summed E-state index contributed by atoms with van der Waals surface area (Å²) >= 11 is 11.9. The molecule has 30 heavy (non-hydrogen) atoms. The van der Waals surface area contributed by atoms with E-state index in [0.29, 0.717) is 26.9 Å². The Balaban J connectivity index is 2.37. The van der Waals surface area contributed by atoms with Crippen molar-refractivity contribution in [2.45, 2.75) is 11.8 Å². The standard InChI is InChI=1S/C19H16Cl2NO6PS/c1-12-6-13-4-2-3-5-17(13)18(10-23)19(12)22(11-29(24,25)26)30(27,28)16-8-14(20)7-15(21)9-16/h2-10H,11H2,1H3,(H2,24,25,26). The predicted octanol–water partition coefficient (Wildman–Crippen LogP) is 4.60. The van der Waals surface area contributed by atoms with Crippen LogP contribution in [0.2, 0.25) is 10.0 Å². The van der Waals surface area contributed by atoms with E-state index in [1.165, 1.54) is 6.07 Å². The summed E-state index contributed by atoms with van der Waals surface area (Å²) in [5, 5.41) is 1.19. The van der Waals surface area contributed by atoms with E-state index in [2.05, 4.69) is 0 Å². The third-order valence-corrected chi connectivity index (χ3v) is 7.36. The van der Waals surface area contributed by atoms with Gasteiger partial charge in [-0.25, -0.2) is 8.42 Å². The molecule has 0 amide bonds. The maximum Gasteiger partial charge on any atom is 0.345 e. The lowest BCUT2D eigenvalue weighted by atomic mass is 9.99. The SMILES string of the molecule is Cc1cc2ccccc2c(C=O)c1N(CP(=O)(O)O)S(=O)(=O)c1cc(Cl)cc(Cl)c1. The first-order chi connectivity index (χ1) is 13.9. The minimum Gasteiger partial charge on any atom is -0.323 e. The smallest absolute Gasteiger partial charge is 0.323 e. The van der Waals surface area contributed by atoms with Crippen LogP contribution in [0.1, 0.15) is 15.9 Å². The van der Waals surface area contributed by atoms with Gasteiger partial charge in [0, 0.05) is 15.6 Å². The molecule has 3 aromatic rings. The molecule has 0 unspecified atom stereocenters. The second kappa shape index (κ2) is 8.30. The molecule has 0 heterocycles. The van der Waals surface area contributed by atoms with Crippen molar-refractivity contribution in [3.63, 3.8) is 0 Å². The molecular weight excluding hydrogens is 472 g/mol. The summed E-state index contributed by atoms with van der Waals surface area (Å²) in [5.41, 5.74) is 0.222. The molecule has 3 rings (SSSR count). The van der Waals surface area contributed by atoms with Crippen LogP contribution in [0.4, 0.5) is 5.69 Å². The summed E-state index contributed by atoms with van der Waals surface area (Å²) in [7, 11) is -9.42. The van der Waals surface area contributed by atoms with E-state index >= 15 is 0 Å². The van der Waals surface area contributed by atoms with Crippen molar-refractivity contribution in [1.82, 2.24) is 0 Å². The van der Waals surface area contributed by atoms with Crippen LogP contribution in [-0.2, 0) is 14.6 Å². The average Bonchev–Trinajstić information content (AvgIpc) is 2.63. The summed E-state index contributed by atoms with van der Waals surface area (Å²) < 4.78 is 39.2. The maximum absolute atomic E-state index is 13.4. The quantitative estimate of drug-likeness (QED) is 0.388. The van der Waals surface area contributed by atoms with Crippen molar-refractivity contribution in [2.24, 2.45) is 0 Å². The minimum absolute atomic E-state index is 0.00394. The Labute approximate surface area is 183 Å². The van der Waals surface area contributed by atoms with Gasteiger partial charge in [-0.2, -0.15) is 0 Å². The highest BCUT2D eigenvalue weighted by atomic mass is 35.5. The highest BCUT2D eigenvalue weighted by molar-refractivity contribution is 7.93. The normalized spacial score (nSPS) is 12.2. The Hall–Kier alpha value is -1.93. The van der Waals surface area contributed by atoms with Gasteiger partial charge in [-0.15, -0.1) is 0 Å². The zero-order valence-corrected chi connectivity index (χ0v) is 18.7. The highest BCUT2D eigenvalue weighted by Gasteiger charge is 2.34. The Morgan fingerprint density at radius 2 is 1.67 bits per heavy atom. The second-order valence-electron chi connectivity index (χ2n) is 6.56. The number of aldehydes is 1. The van der Waals surface area contributed by atoms with Gasteiger partial charge in [0.2, 0.25) is 0 Å². The number of hydrogen-bond acceptors (Lipinski definition) is 4. The summed E-state index contributed by atoms with van der Waals surface area (Å²) in [6.07, 6.45) is -0.697. The van der Waals surface area contributed by atoms with E-state index < -0.39 is 23.9 Å². The topological polar surface area (TPSA) is 112 Å². The minimum atomic E-state index is -4.87. The zero-order valence-electron chi connectivity index (χ0n) is 15.5. The summed E-state index contributed by atoms with van der Waals surface area (Å²) in [5.74, 6) is 0. The van der Waals surface area contributed by atoms with E-state index in [1.54, 1.807) is 37.3 Å². The lowest BCUT2D eigenvalue weighted by Crippen LogP contribution is -2.33. The van der Waals surface area contributed by atoms with E-state index in [9.17, 15) is 27.6 Å². The number of nitrogens with zero attached hydrogens (tertiary/aromatic N) is 1. The van der Waals surface area contributed by atoms with Crippen LogP contribution in [0.15, 0.2) is 53.4 Å². The summed E-state index contributed by atoms with van der Waals surface area (Å²) in [4.78, 5) is 30.8. The molecule has 0 atom stereocenters. The number of rotatable bonds is 6. The van der Waals surface area contributed by atoms with Crippen LogP contribution >= 0.6 is 30.8 Å². The second-order valence-corrected chi connectivity index (χ2v) is 10.9. The number of aryl methyl sites for hydroxylation is 1. The molecular formula is C19H16Cl2NO6PS. The molecule has 0 aliphatic heterocycles. The summed E-state index contributed by atoms with van der Waals surface area (Å²) in [6.45, 7) is 1.56. The Kier molecular flexibility index (Phi) is 6.30. The molecule has 0 fully saturated rings. The van der Waals surface area contributed by atoms with Crippen LogP contribution in [0.25, 0.3) is 10.8 Å². The molecule has 0 aliphatic carbocycles. The molecule has 0 saturated carbocycles. The van der Waals surface area contributed by atoms with Crippen LogP contribution < -0.4 is 4.31 Å². The van der Waals surface area contributed by atoms with Gasteiger partial charge in [0.15, 0.2) is 6.29 Å². The lowest BCUT2D eigenvalue weighted by molar-refractivity contribution is 0.112. The molecule has 0 radical (unpaired) electrons. The molecule has 3 aromatic carbocycles. The first kappa shape index (κ1) is 22.7. The van der Waals surface area contributed by atoms with Gasteiger partial charge in [-0.3, -0.25) is 13.7 Å². The fourth-order valence-corrected chi connectivity index (χ4v) is 6.68. The van der Waals surface area contributed by atoms with Crippen molar-refractivity contribution < 1.29 is 27.6 Å². The van der Waals surface area contributed by atoms with Crippen molar-refractivity contribution >= 4 is 63.6 Å². The van der Waals surface area contributed by atoms with Gasteiger partial charge in [-0.05, 0) is 47.5 Å². The molecule has 7 nitrogen and oxygen atoms in total. The number of benzene rings is 3. The van der Waals surface area contributed by atoms with Gasteiger partial charge >= 0.3 is 7.60 Å². The van der Waals surface area contributed by atoms with Gasteiger partial charge in [0.1, 0.15) is 6.29 Å². The Morgan fingerprint density at radius 1 is 1.07 bits per heavy atom. The van der Waals surface area contributed by atoms with Gasteiger partial charge < -0.3 is 9.79 Å². The number of sulfonamides is 1. The third-order valence-electron chi connectivity index (χ3n) is 4.36. The summed E-state index contributed by atoms with van der Waals surface area (Å²) in [6, 6.07) is 12.0. The fraction of sp³-hybridized carbons (Fsp3) is 0.105. The van der Waals surface area contributed by atoms with Crippen molar-refractivity contribution in [3.05, 3.63) is 69.7 Å². The zero-order chi connectivity index (χ0) is 22.3. The average molecular weight is 488 g/mol. The number of fused-ring (bicyclic) bond motifs is 1. The largest absolute Gasteiger partial charge is 0.345 e. The molecule has 11 heteroatoms. The maximum atomic E-state index is 13.4. The molecule has 0 aliphatic rings.